The van der Waals surface area contributed by atoms with Crippen LogP contribution in [0.2, 0.25) is 0 Å². The fourth-order valence-corrected chi connectivity index (χ4v) is 1.85. The van der Waals surface area contributed by atoms with E-state index >= 15 is 0 Å². The SMILES string of the molecule is [2H]c1c(B2OC(C)(C)C(C)(C)O2)nc(-n2c([2H])nc(C([2H])([2H])[2H])c2[2H])c([2H])c1[2H]. The standard InChI is InChI=1S/C15H20BN3O2/c1-11-9-19(10-17-11)13-8-6-7-12(18-13)16-20-14(2,3)15(4,5)21-16/h6-10H,1-5H3/i1D3,6D,7D,8D,9D,10D. The first-order valence-electron chi connectivity index (χ1n) is 10.5. The predicted molar refractivity (Wildman–Crippen MR) is 81.8 cm³/mol. The van der Waals surface area contributed by atoms with Gasteiger partial charge >= 0.3 is 7.12 Å². The van der Waals surface area contributed by atoms with E-state index in [9.17, 15) is 0 Å². The van der Waals surface area contributed by atoms with E-state index in [4.69, 9.17) is 20.3 Å². The Hall–Kier alpha value is -1.66. The summed E-state index contributed by atoms with van der Waals surface area (Å²) < 4.78 is 75.4. The maximum atomic E-state index is 8.19. The van der Waals surface area contributed by atoms with Crippen molar-refractivity contribution in [3.05, 3.63) is 36.3 Å². The number of hydrogen-bond donors (Lipinski definition) is 0. The van der Waals surface area contributed by atoms with E-state index in [1.807, 2.05) is 0 Å². The molecule has 0 unspecified atom stereocenters. The lowest BCUT2D eigenvalue weighted by molar-refractivity contribution is 0.00578. The van der Waals surface area contributed by atoms with Crippen LogP contribution in [0.5, 0.6) is 0 Å². The molecular formula is C15H20BN3O2. The van der Waals surface area contributed by atoms with Crippen molar-refractivity contribution >= 4 is 12.7 Å². The van der Waals surface area contributed by atoms with Crippen molar-refractivity contribution in [3.8, 4) is 5.82 Å². The topological polar surface area (TPSA) is 49.2 Å². The summed E-state index contributed by atoms with van der Waals surface area (Å²) in [6.07, 6.45) is -1.24. The number of rotatable bonds is 2. The summed E-state index contributed by atoms with van der Waals surface area (Å²) in [6, 6.07) is -1.43. The normalized spacial score (nSPS) is 26.0. The Morgan fingerprint density at radius 2 is 1.95 bits per heavy atom. The van der Waals surface area contributed by atoms with Gasteiger partial charge in [0.2, 0.25) is 0 Å². The Bertz CT molecular complexity index is 973. The molecule has 0 spiro atoms. The Labute approximate surface area is 136 Å². The number of aromatic nitrogens is 3. The fourth-order valence-electron chi connectivity index (χ4n) is 1.85. The lowest BCUT2D eigenvalue weighted by Crippen LogP contribution is -2.41. The predicted octanol–water partition coefficient (Wildman–Crippen LogP) is 1.87. The van der Waals surface area contributed by atoms with Crippen LogP contribution < -0.4 is 5.59 Å². The van der Waals surface area contributed by atoms with Crippen LogP contribution in [0.3, 0.4) is 0 Å². The summed E-state index contributed by atoms with van der Waals surface area (Å²) in [7, 11) is -1.11. The van der Waals surface area contributed by atoms with Crippen LogP contribution in [0.4, 0.5) is 0 Å². The highest BCUT2D eigenvalue weighted by Crippen LogP contribution is 2.36. The van der Waals surface area contributed by atoms with Gasteiger partial charge in [0.25, 0.3) is 0 Å². The van der Waals surface area contributed by atoms with Crippen LogP contribution in [0.25, 0.3) is 5.82 Å². The van der Waals surface area contributed by atoms with Gasteiger partial charge in [-0.25, -0.2) is 9.97 Å². The van der Waals surface area contributed by atoms with E-state index in [1.165, 1.54) is 0 Å². The third kappa shape index (κ3) is 2.49. The summed E-state index contributed by atoms with van der Waals surface area (Å²) in [5.41, 5.74) is -2.18. The molecule has 0 N–H and O–H groups in total. The number of aryl methyl sites for hydroxylation is 1. The first-order valence-corrected chi connectivity index (χ1v) is 6.48. The Morgan fingerprint density at radius 1 is 1.24 bits per heavy atom. The van der Waals surface area contributed by atoms with Gasteiger partial charge in [-0.3, -0.25) is 4.57 Å². The van der Waals surface area contributed by atoms with Crippen LogP contribution >= 0.6 is 0 Å². The van der Waals surface area contributed by atoms with E-state index in [2.05, 4.69) is 9.97 Å². The lowest BCUT2D eigenvalue weighted by atomic mass is 9.84. The second-order valence-corrected chi connectivity index (χ2v) is 5.79. The molecule has 1 aliphatic rings. The molecule has 3 rings (SSSR count). The van der Waals surface area contributed by atoms with E-state index in [0.29, 0.717) is 0 Å². The molecule has 1 fully saturated rings. The number of imidazole rings is 1. The van der Waals surface area contributed by atoms with Crippen molar-refractivity contribution in [2.75, 3.05) is 0 Å². The highest BCUT2D eigenvalue weighted by atomic mass is 16.7. The number of pyridine rings is 1. The van der Waals surface area contributed by atoms with E-state index in [0.717, 1.165) is 4.57 Å². The van der Waals surface area contributed by atoms with Gasteiger partial charge in [0, 0.05) is 10.3 Å². The van der Waals surface area contributed by atoms with Gasteiger partial charge in [0.05, 0.1) is 28.0 Å². The summed E-state index contributed by atoms with van der Waals surface area (Å²) >= 11 is 0. The maximum Gasteiger partial charge on any atom is 0.514 e. The van der Waals surface area contributed by atoms with Crippen LogP contribution in [0.1, 0.15) is 44.4 Å². The van der Waals surface area contributed by atoms with Gasteiger partial charge in [-0.05, 0) is 46.6 Å². The van der Waals surface area contributed by atoms with Crippen LogP contribution in [0.15, 0.2) is 30.6 Å². The summed E-state index contributed by atoms with van der Waals surface area (Å²) in [6.45, 7) is 4.50. The number of nitrogens with zero attached hydrogens (tertiary/aromatic N) is 3. The molecule has 1 saturated heterocycles. The highest BCUT2D eigenvalue weighted by Gasteiger charge is 2.52. The van der Waals surface area contributed by atoms with Crippen molar-refractivity contribution in [1.29, 1.82) is 0 Å². The minimum atomic E-state index is -2.73. The maximum absolute atomic E-state index is 8.19. The van der Waals surface area contributed by atoms with Gasteiger partial charge in [0.15, 0.2) is 0 Å². The highest BCUT2D eigenvalue weighted by molar-refractivity contribution is 6.61. The molecule has 0 saturated carbocycles. The summed E-state index contributed by atoms with van der Waals surface area (Å²) in [5.74, 6) is -0.353. The smallest absolute Gasteiger partial charge is 0.398 e. The fraction of sp³-hybridized carbons (Fsp3) is 0.467. The van der Waals surface area contributed by atoms with Crippen LogP contribution in [-0.2, 0) is 9.31 Å². The molecule has 0 atom stereocenters. The van der Waals surface area contributed by atoms with Gasteiger partial charge in [-0.2, -0.15) is 0 Å². The first kappa shape index (κ1) is 7.56. The lowest BCUT2D eigenvalue weighted by Gasteiger charge is -2.32. The first-order chi connectivity index (χ1) is 13.1. The molecule has 6 heteroatoms. The molecule has 3 heterocycles. The minimum absolute atomic E-state index is 0.0948. The average Bonchev–Trinajstić information content (AvgIpc) is 2.98. The Balaban J connectivity index is 2.21. The van der Waals surface area contributed by atoms with Crippen molar-refractivity contribution in [3.63, 3.8) is 0 Å². The van der Waals surface area contributed by atoms with E-state index in [1.54, 1.807) is 27.7 Å². The Kier molecular flexibility index (Phi) is 1.68. The molecule has 1 aliphatic heterocycles. The summed E-state index contributed by atoms with van der Waals surface area (Å²) in [5, 5.41) is 0. The minimum Gasteiger partial charge on any atom is -0.398 e. The Morgan fingerprint density at radius 3 is 2.57 bits per heavy atom. The quantitative estimate of drug-likeness (QED) is 0.793. The molecule has 0 aliphatic carbocycles. The van der Waals surface area contributed by atoms with Gasteiger partial charge in [-0.15, -0.1) is 0 Å². The molecule has 21 heavy (non-hydrogen) atoms. The third-order valence-electron chi connectivity index (χ3n) is 3.76. The zero-order chi connectivity index (χ0) is 22.1. The molecule has 0 amide bonds. The van der Waals surface area contributed by atoms with Crippen LogP contribution in [-0.4, -0.2) is 32.9 Å². The van der Waals surface area contributed by atoms with Gasteiger partial charge in [0.1, 0.15) is 13.5 Å². The van der Waals surface area contributed by atoms with Gasteiger partial charge in [-0.1, -0.05) is 6.04 Å². The molecular weight excluding hydrogens is 265 g/mol. The monoisotopic (exact) mass is 293 g/mol. The summed E-state index contributed by atoms with van der Waals surface area (Å²) in [4.78, 5) is 7.80. The molecule has 0 aromatic carbocycles. The van der Waals surface area contributed by atoms with Crippen molar-refractivity contribution in [2.24, 2.45) is 0 Å². The number of hydrogen-bond acceptors (Lipinski definition) is 4. The van der Waals surface area contributed by atoms with E-state index in [-0.39, 0.29) is 17.5 Å². The zero-order valence-electron chi connectivity index (χ0n) is 20.2. The zero-order valence-corrected chi connectivity index (χ0v) is 12.2. The second-order valence-electron chi connectivity index (χ2n) is 5.79. The largest absolute Gasteiger partial charge is 0.514 e. The molecule has 0 bridgehead atoms. The average molecular weight is 293 g/mol. The molecule has 110 valence electrons. The molecule has 0 radical (unpaired) electrons. The second kappa shape index (κ2) is 4.68. The van der Waals surface area contributed by atoms with Gasteiger partial charge < -0.3 is 9.31 Å². The van der Waals surface area contributed by atoms with Crippen molar-refractivity contribution < 1.29 is 20.3 Å². The van der Waals surface area contributed by atoms with Crippen molar-refractivity contribution in [2.45, 2.75) is 45.7 Å². The molecule has 2 aromatic heterocycles. The molecule has 5 nitrogen and oxygen atoms in total. The molecule has 2 aromatic rings. The van der Waals surface area contributed by atoms with Crippen molar-refractivity contribution in [1.82, 2.24) is 14.5 Å². The third-order valence-corrected chi connectivity index (χ3v) is 3.76. The van der Waals surface area contributed by atoms with Crippen LogP contribution in [0, 0.1) is 6.85 Å². The van der Waals surface area contributed by atoms with E-state index < -0.39 is 55.4 Å².